The van der Waals surface area contributed by atoms with Crippen molar-refractivity contribution in [2.45, 2.75) is 26.2 Å². The molecule has 0 bridgehead atoms. The lowest BCUT2D eigenvalue weighted by atomic mass is 9.96. The van der Waals surface area contributed by atoms with Crippen molar-refractivity contribution in [1.29, 1.82) is 0 Å². The Kier molecular flexibility index (Phi) is 5.02. The maximum Gasteiger partial charge on any atom is 0.273 e. The first kappa shape index (κ1) is 15.7. The molecule has 1 aromatic heterocycles. The average molecular weight is 313 g/mol. The van der Waals surface area contributed by atoms with Crippen LogP contribution in [-0.2, 0) is 0 Å². The van der Waals surface area contributed by atoms with E-state index in [0.717, 1.165) is 30.8 Å². The number of aryl methyl sites for hydroxylation is 1. The largest absolute Gasteiger partial charge is 0.351 e. The molecule has 1 amide bonds. The standard InChI is InChI=1S/C17H23N5O/c1-13-4-2-6-15(10-13)22-12-16(20-21-22)17(23)19-9-7-14-5-3-8-18-11-14/h2,4,6,10,12,14,18H,3,5,7-9,11H2,1H3,(H,19,23). The van der Waals surface area contributed by atoms with E-state index in [2.05, 4.69) is 20.9 Å². The highest BCUT2D eigenvalue weighted by Crippen LogP contribution is 2.13. The van der Waals surface area contributed by atoms with Gasteiger partial charge in [-0.3, -0.25) is 4.79 Å². The van der Waals surface area contributed by atoms with Gasteiger partial charge < -0.3 is 10.6 Å². The van der Waals surface area contributed by atoms with Gasteiger partial charge in [0, 0.05) is 6.54 Å². The lowest BCUT2D eigenvalue weighted by molar-refractivity contribution is 0.0945. The zero-order chi connectivity index (χ0) is 16.1. The lowest BCUT2D eigenvalue weighted by Crippen LogP contribution is -2.33. The van der Waals surface area contributed by atoms with Crippen molar-refractivity contribution in [3.05, 3.63) is 41.7 Å². The maximum atomic E-state index is 12.2. The van der Waals surface area contributed by atoms with Gasteiger partial charge in [-0.2, -0.15) is 0 Å². The molecule has 0 aliphatic carbocycles. The van der Waals surface area contributed by atoms with E-state index in [1.807, 2.05) is 31.2 Å². The summed E-state index contributed by atoms with van der Waals surface area (Å²) in [6, 6.07) is 7.93. The van der Waals surface area contributed by atoms with E-state index in [0.29, 0.717) is 18.2 Å². The first-order valence-electron chi connectivity index (χ1n) is 8.20. The van der Waals surface area contributed by atoms with Gasteiger partial charge in [-0.15, -0.1) is 5.10 Å². The predicted octanol–water partition coefficient (Wildman–Crippen LogP) is 1.70. The van der Waals surface area contributed by atoms with Gasteiger partial charge in [0.25, 0.3) is 5.91 Å². The van der Waals surface area contributed by atoms with Crippen LogP contribution in [0, 0.1) is 12.8 Å². The Labute approximate surface area is 136 Å². The molecule has 1 saturated heterocycles. The predicted molar refractivity (Wildman–Crippen MR) is 88.6 cm³/mol. The molecule has 0 saturated carbocycles. The number of rotatable bonds is 5. The second-order valence-electron chi connectivity index (χ2n) is 6.14. The number of nitrogens with zero attached hydrogens (tertiary/aromatic N) is 3. The third-order valence-corrected chi connectivity index (χ3v) is 4.23. The molecule has 1 aliphatic heterocycles. The highest BCUT2D eigenvalue weighted by molar-refractivity contribution is 5.91. The molecule has 1 aromatic carbocycles. The summed E-state index contributed by atoms with van der Waals surface area (Å²) in [5.41, 5.74) is 2.41. The molecular formula is C17H23N5O. The number of hydrogen-bond acceptors (Lipinski definition) is 4. The minimum atomic E-state index is -0.160. The monoisotopic (exact) mass is 313 g/mol. The van der Waals surface area contributed by atoms with E-state index >= 15 is 0 Å². The summed E-state index contributed by atoms with van der Waals surface area (Å²) in [4.78, 5) is 12.2. The molecule has 1 atom stereocenters. The van der Waals surface area contributed by atoms with Crippen LogP contribution in [0.25, 0.3) is 5.69 Å². The summed E-state index contributed by atoms with van der Waals surface area (Å²) < 4.78 is 1.63. The molecule has 2 heterocycles. The molecule has 2 aromatic rings. The normalized spacial score (nSPS) is 17.9. The van der Waals surface area contributed by atoms with E-state index in [4.69, 9.17) is 0 Å². The number of benzene rings is 1. The van der Waals surface area contributed by atoms with E-state index in [-0.39, 0.29) is 5.91 Å². The van der Waals surface area contributed by atoms with Crippen LogP contribution in [0.15, 0.2) is 30.5 Å². The Morgan fingerprint density at radius 3 is 3.17 bits per heavy atom. The summed E-state index contributed by atoms with van der Waals surface area (Å²) in [5.74, 6) is 0.500. The summed E-state index contributed by atoms with van der Waals surface area (Å²) >= 11 is 0. The summed E-state index contributed by atoms with van der Waals surface area (Å²) in [6.07, 6.45) is 5.15. The molecular weight excluding hydrogens is 290 g/mol. The van der Waals surface area contributed by atoms with Gasteiger partial charge in [0.15, 0.2) is 5.69 Å². The van der Waals surface area contributed by atoms with E-state index in [9.17, 15) is 4.79 Å². The molecule has 6 nitrogen and oxygen atoms in total. The number of carbonyl (C=O) groups is 1. The Morgan fingerprint density at radius 2 is 2.39 bits per heavy atom. The fourth-order valence-electron chi connectivity index (χ4n) is 2.92. The number of amides is 1. The first-order valence-corrected chi connectivity index (χ1v) is 8.20. The average Bonchev–Trinajstić information content (AvgIpc) is 3.06. The molecule has 0 spiro atoms. The van der Waals surface area contributed by atoms with Gasteiger partial charge in [-0.1, -0.05) is 17.3 Å². The molecule has 1 aliphatic rings. The van der Waals surface area contributed by atoms with Crippen molar-refractivity contribution >= 4 is 5.91 Å². The Morgan fingerprint density at radius 1 is 1.48 bits per heavy atom. The molecule has 2 N–H and O–H groups in total. The smallest absolute Gasteiger partial charge is 0.273 e. The zero-order valence-electron chi connectivity index (χ0n) is 13.5. The summed E-state index contributed by atoms with van der Waals surface area (Å²) in [6.45, 7) is 4.88. The maximum absolute atomic E-state index is 12.2. The second kappa shape index (κ2) is 7.37. The highest BCUT2D eigenvalue weighted by atomic mass is 16.2. The van der Waals surface area contributed by atoms with Crippen molar-refractivity contribution in [2.24, 2.45) is 5.92 Å². The van der Waals surface area contributed by atoms with E-state index < -0.39 is 0 Å². The van der Waals surface area contributed by atoms with Crippen molar-refractivity contribution in [1.82, 2.24) is 25.6 Å². The minimum Gasteiger partial charge on any atom is -0.351 e. The van der Waals surface area contributed by atoms with Gasteiger partial charge in [0.05, 0.1) is 11.9 Å². The zero-order valence-corrected chi connectivity index (χ0v) is 13.5. The lowest BCUT2D eigenvalue weighted by Gasteiger charge is -2.22. The van der Waals surface area contributed by atoms with Gasteiger partial charge in [-0.25, -0.2) is 4.68 Å². The first-order chi connectivity index (χ1) is 11.2. The van der Waals surface area contributed by atoms with Gasteiger partial charge in [-0.05, 0) is 62.9 Å². The molecule has 122 valence electrons. The second-order valence-corrected chi connectivity index (χ2v) is 6.14. The fraction of sp³-hybridized carbons (Fsp3) is 0.471. The summed E-state index contributed by atoms with van der Waals surface area (Å²) in [5, 5.41) is 14.4. The third-order valence-electron chi connectivity index (χ3n) is 4.23. The molecule has 23 heavy (non-hydrogen) atoms. The van der Waals surface area contributed by atoms with Crippen LogP contribution in [-0.4, -0.2) is 40.5 Å². The molecule has 6 heteroatoms. The van der Waals surface area contributed by atoms with Gasteiger partial charge in [0.2, 0.25) is 0 Å². The Balaban J connectivity index is 1.54. The quantitative estimate of drug-likeness (QED) is 0.881. The molecule has 1 fully saturated rings. The Bertz CT molecular complexity index is 661. The SMILES string of the molecule is Cc1cccc(-n2cc(C(=O)NCCC3CCCNC3)nn2)c1. The van der Waals surface area contributed by atoms with Crippen molar-refractivity contribution in [2.75, 3.05) is 19.6 Å². The van der Waals surface area contributed by atoms with Crippen LogP contribution >= 0.6 is 0 Å². The summed E-state index contributed by atoms with van der Waals surface area (Å²) in [7, 11) is 0. The van der Waals surface area contributed by atoms with E-state index in [1.165, 1.54) is 12.8 Å². The topological polar surface area (TPSA) is 71.8 Å². The van der Waals surface area contributed by atoms with Crippen LogP contribution in [0.1, 0.15) is 35.3 Å². The number of nitrogens with one attached hydrogen (secondary N) is 2. The van der Waals surface area contributed by atoms with Crippen LogP contribution < -0.4 is 10.6 Å². The number of aromatic nitrogens is 3. The van der Waals surface area contributed by atoms with E-state index in [1.54, 1.807) is 10.9 Å². The van der Waals surface area contributed by atoms with Crippen LogP contribution in [0.5, 0.6) is 0 Å². The number of piperidine rings is 1. The third kappa shape index (κ3) is 4.16. The van der Waals surface area contributed by atoms with Crippen LogP contribution in [0.3, 0.4) is 0 Å². The Hall–Kier alpha value is -2.21. The number of carbonyl (C=O) groups excluding carboxylic acids is 1. The van der Waals surface area contributed by atoms with Gasteiger partial charge in [0.1, 0.15) is 0 Å². The fourth-order valence-corrected chi connectivity index (χ4v) is 2.92. The highest BCUT2D eigenvalue weighted by Gasteiger charge is 2.15. The van der Waals surface area contributed by atoms with Crippen LogP contribution in [0.4, 0.5) is 0 Å². The van der Waals surface area contributed by atoms with Gasteiger partial charge >= 0.3 is 0 Å². The molecule has 1 unspecified atom stereocenters. The minimum absolute atomic E-state index is 0.160. The molecule has 3 rings (SSSR count). The van der Waals surface area contributed by atoms with Crippen molar-refractivity contribution in [3.63, 3.8) is 0 Å². The molecule has 0 radical (unpaired) electrons. The number of hydrogen-bond donors (Lipinski definition) is 2. The van der Waals surface area contributed by atoms with Crippen molar-refractivity contribution in [3.8, 4) is 5.69 Å². The van der Waals surface area contributed by atoms with Crippen LogP contribution in [0.2, 0.25) is 0 Å². The van der Waals surface area contributed by atoms with Crippen molar-refractivity contribution < 1.29 is 4.79 Å².